The fraction of sp³-hybridized carbons (Fsp3) is 0.862. The molecule has 192 valence electrons. The Labute approximate surface area is 209 Å². The summed E-state index contributed by atoms with van der Waals surface area (Å²) >= 11 is 0. The van der Waals surface area contributed by atoms with Crippen molar-refractivity contribution >= 4 is 23.6 Å². The van der Waals surface area contributed by atoms with Crippen LogP contribution in [0.3, 0.4) is 0 Å². The Morgan fingerprint density at radius 3 is 1.00 bits per heavy atom. The second-order valence-corrected chi connectivity index (χ2v) is 12.7. The van der Waals surface area contributed by atoms with Gasteiger partial charge in [0.2, 0.25) is 23.6 Å². The van der Waals surface area contributed by atoms with E-state index in [0.29, 0.717) is 11.8 Å². The van der Waals surface area contributed by atoms with Crippen molar-refractivity contribution in [1.29, 1.82) is 0 Å². The SMILES string of the molecule is O=C1[C@@H]2CCCC[C@H]2C(=O)N1C1CCC(CC2CCC(N3C(=O)[C@@H]4CCCC[C@H]4C3=O)CC2)CC1. The molecule has 0 spiro atoms. The van der Waals surface area contributed by atoms with Crippen molar-refractivity contribution in [2.45, 2.75) is 121 Å². The second kappa shape index (κ2) is 9.63. The van der Waals surface area contributed by atoms with Gasteiger partial charge in [-0.3, -0.25) is 29.0 Å². The lowest BCUT2D eigenvalue weighted by Gasteiger charge is -2.38. The van der Waals surface area contributed by atoms with Gasteiger partial charge in [0.1, 0.15) is 0 Å². The molecule has 0 radical (unpaired) electrons. The van der Waals surface area contributed by atoms with E-state index < -0.39 is 0 Å². The number of amides is 4. The van der Waals surface area contributed by atoms with Crippen LogP contribution in [0.15, 0.2) is 0 Å². The van der Waals surface area contributed by atoms with Crippen LogP contribution in [-0.4, -0.2) is 45.5 Å². The summed E-state index contributed by atoms with van der Waals surface area (Å²) in [6, 6.07) is 0.256. The van der Waals surface area contributed by atoms with E-state index in [1.54, 1.807) is 9.80 Å². The lowest BCUT2D eigenvalue weighted by molar-refractivity contribution is -0.145. The first-order chi connectivity index (χ1) is 17.0. The third kappa shape index (κ3) is 4.17. The fourth-order valence-electron chi connectivity index (χ4n) is 8.84. The van der Waals surface area contributed by atoms with Crippen LogP contribution in [0.25, 0.3) is 0 Å². The van der Waals surface area contributed by atoms with Crippen molar-refractivity contribution < 1.29 is 19.2 Å². The minimum absolute atomic E-state index is 0.0255. The van der Waals surface area contributed by atoms with Gasteiger partial charge < -0.3 is 0 Å². The van der Waals surface area contributed by atoms with Crippen molar-refractivity contribution in [3.8, 4) is 0 Å². The van der Waals surface area contributed by atoms with Crippen molar-refractivity contribution in [1.82, 2.24) is 9.80 Å². The molecule has 6 rings (SSSR count). The summed E-state index contributed by atoms with van der Waals surface area (Å²) in [6.07, 6.45) is 17.5. The molecule has 0 aromatic carbocycles. The molecule has 6 fully saturated rings. The average molecular weight is 483 g/mol. The number of fused-ring (bicyclic) bond motifs is 2. The van der Waals surface area contributed by atoms with Gasteiger partial charge >= 0.3 is 0 Å². The molecule has 0 unspecified atom stereocenters. The van der Waals surface area contributed by atoms with E-state index in [0.717, 1.165) is 103 Å². The molecule has 0 bridgehead atoms. The van der Waals surface area contributed by atoms with E-state index in [2.05, 4.69) is 0 Å². The van der Waals surface area contributed by atoms with Crippen molar-refractivity contribution in [3.63, 3.8) is 0 Å². The van der Waals surface area contributed by atoms with Crippen LogP contribution >= 0.6 is 0 Å². The maximum Gasteiger partial charge on any atom is 0.233 e. The van der Waals surface area contributed by atoms with Gasteiger partial charge in [-0.2, -0.15) is 0 Å². The van der Waals surface area contributed by atoms with E-state index in [-0.39, 0.29) is 59.4 Å². The van der Waals surface area contributed by atoms with Crippen LogP contribution in [0.2, 0.25) is 0 Å². The number of imide groups is 2. The molecule has 6 heteroatoms. The number of rotatable bonds is 4. The molecule has 6 nitrogen and oxygen atoms in total. The number of hydrogen-bond donors (Lipinski definition) is 0. The Bertz CT molecular complexity index is 752. The largest absolute Gasteiger partial charge is 0.279 e. The van der Waals surface area contributed by atoms with Gasteiger partial charge in [-0.05, 0) is 95.3 Å². The Morgan fingerprint density at radius 1 is 0.429 bits per heavy atom. The van der Waals surface area contributed by atoms with Gasteiger partial charge in [0.25, 0.3) is 0 Å². The highest BCUT2D eigenvalue weighted by Crippen LogP contribution is 2.44. The number of hydrogen-bond acceptors (Lipinski definition) is 4. The predicted molar refractivity (Wildman–Crippen MR) is 131 cm³/mol. The Kier molecular flexibility index (Phi) is 6.51. The van der Waals surface area contributed by atoms with E-state index in [4.69, 9.17) is 0 Å². The zero-order valence-corrected chi connectivity index (χ0v) is 21.2. The summed E-state index contributed by atoms with van der Waals surface area (Å²) in [7, 11) is 0. The van der Waals surface area contributed by atoms with Gasteiger partial charge in [0, 0.05) is 12.1 Å². The molecule has 2 saturated heterocycles. The molecule has 2 aliphatic heterocycles. The molecule has 6 aliphatic rings. The molecule has 0 aromatic heterocycles. The summed E-state index contributed by atoms with van der Waals surface area (Å²) in [4.78, 5) is 55.3. The molecule has 35 heavy (non-hydrogen) atoms. The average Bonchev–Trinajstić information content (AvgIpc) is 3.30. The summed E-state index contributed by atoms with van der Waals surface area (Å²) in [5.41, 5.74) is 0. The maximum absolute atomic E-state index is 13.0. The van der Waals surface area contributed by atoms with Gasteiger partial charge in [-0.15, -0.1) is 0 Å². The summed E-state index contributed by atoms with van der Waals surface area (Å²) in [6.45, 7) is 0. The molecular weight excluding hydrogens is 440 g/mol. The Hall–Kier alpha value is -1.72. The molecule has 0 aromatic rings. The minimum atomic E-state index is -0.0255. The second-order valence-electron chi connectivity index (χ2n) is 12.7. The zero-order valence-electron chi connectivity index (χ0n) is 21.2. The van der Waals surface area contributed by atoms with E-state index in [1.807, 2.05) is 0 Å². The van der Waals surface area contributed by atoms with Crippen molar-refractivity contribution in [3.05, 3.63) is 0 Å². The van der Waals surface area contributed by atoms with E-state index in [9.17, 15) is 19.2 Å². The summed E-state index contributed by atoms with van der Waals surface area (Å²) in [5, 5.41) is 0. The van der Waals surface area contributed by atoms with Gasteiger partial charge in [-0.25, -0.2) is 0 Å². The zero-order chi connectivity index (χ0) is 24.1. The van der Waals surface area contributed by atoms with Crippen LogP contribution in [0, 0.1) is 35.5 Å². The summed E-state index contributed by atoms with van der Waals surface area (Å²) < 4.78 is 0. The highest BCUT2D eigenvalue weighted by atomic mass is 16.2. The normalized spacial score (nSPS) is 42.4. The Morgan fingerprint density at radius 2 is 0.714 bits per heavy atom. The van der Waals surface area contributed by atoms with Crippen LogP contribution in [0.4, 0.5) is 0 Å². The monoisotopic (exact) mass is 482 g/mol. The van der Waals surface area contributed by atoms with Gasteiger partial charge in [0.15, 0.2) is 0 Å². The molecule has 2 heterocycles. The third-order valence-corrected chi connectivity index (χ3v) is 10.8. The fourth-order valence-corrected chi connectivity index (χ4v) is 8.84. The van der Waals surface area contributed by atoms with Gasteiger partial charge in [0.05, 0.1) is 23.7 Å². The van der Waals surface area contributed by atoms with Crippen LogP contribution in [-0.2, 0) is 19.2 Å². The van der Waals surface area contributed by atoms with Crippen LogP contribution in [0.1, 0.15) is 109 Å². The van der Waals surface area contributed by atoms with E-state index >= 15 is 0 Å². The quantitative estimate of drug-likeness (QED) is 0.537. The molecule has 4 saturated carbocycles. The first kappa shape index (κ1) is 23.7. The highest BCUT2D eigenvalue weighted by molar-refractivity contribution is 6.06. The lowest BCUT2D eigenvalue weighted by Crippen LogP contribution is -2.43. The number of nitrogens with zero attached hydrogens (tertiary/aromatic N) is 2. The maximum atomic E-state index is 13.0. The first-order valence-electron chi connectivity index (χ1n) is 14.8. The molecular formula is C29H42N2O4. The molecule has 0 N–H and O–H groups in total. The standard InChI is InChI=1S/C29H42N2O4/c32-26-22-5-1-2-6-23(22)27(33)30(26)20-13-9-18(10-14-20)17-19-11-15-21(16-12-19)31-28(34)24-7-3-4-8-25(24)29(31)35/h18-25H,1-17H2/t18?,19?,20?,21?,22-,23-,24-,25-/m1/s1. The van der Waals surface area contributed by atoms with Crippen molar-refractivity contribution in [2.24, 2.45) is 35.5 Å². The number of carbonyl (C=O) groups excluding carboxylic acids is 4. The molecule has 4 aliphatic carbocycles. The first-order valence-corrected chi connectivity index (χ1v) is 14.8. The van der Waals surface area contributed by atoms with Crippen molar-refractivity contribution in [2.75, 3.05) is 0 Å². The number of carbonyl (C=O) groups is 4. The summed E-state index contributed by atoms with van der Waals surface area (Å²) in [5.74, 6) is 1.79. The highest BCUT2D eigenvalue weighted by Gasteiger charge is 2.52. The molecule has 4 atom stereocenters. The number of likely N-dealkylation sites (tertiary alicyclic amines) is 2. The van der Waals surface area contributed by atoms with Crippen LogP contribution < -0.4 is 0 Å². The smallest absolute Gasteiger partial charge is 0.233 e. The van der Waals surface area contributed by atoms with E-state index in [1.165, 1.54) is 6.42 Å². The van der Waals surface area contributed by atoms with Crippen LogP contribution in [0.5, 0.6) is 0 Å². The topological polar surface area (TPSA) is 74.8 Å². The minimum Gasteiger partial charge on any atom is -0.279 e. The third-order valence-electron chi connectivity index (χ3n) is 10.8. The Balaban J connectivity index is 0.977. The lowest BCUT2D eigenvalue weighted by atomic mass is 9.75. The molecule has 4 amide bonds. The predicted octanol–water partition coefficient (Wildman–Crippen LogP) is 4.84. The van der Waals surface area contributed by atoms with Gasteiger partial charge in [-0.1, -0.05) is 25.7 Å².